The van der Waals surface area contributed by atoms with Gasteiger partial charge in [0.25, 0.3) is 0 Å². The van der Waals surface area contributed by atoms with Gasteiger partial charge in [-0.05, 0) is 18.1 Å². The number of fused-ring (bicyclic) bond motifs is 3. The predicted octanol–water partition coefficient (Wildman–Crippen LogP) is 1.82. The minimum atomic E-state index is 0.820. The molecule has 0 radical (unpaired) electrons. The Bertz CT molecular complexity index is 418. The van der Waals surface area contributed by atoms with Gasteiger partial charge in [-0.25, -0.2) is 0 Å². The van der Waals surface area contributed by atoms with Gasteiger partial charge < -0.3 is 4.90 Å². The van der Waals surface area contributed by atoms with Crippen molar-refractivity contribution in [3.63, 3.8) is 0 Å². The molecule has 0 atom stereocenters. The first kappa shape index (κ1) is 7.80. The van der Waals surface area contributed by atoms with Gasteiger partial charge in [0.05, 0.1) is 6.54 Å². The number of nitrogens with zero attached hydrogens (tertiary/aromatic N) is 2. The highest BCUT2D eigenvalue weighted by Crippen LogP contribution is 2.20. The molecule has 0 spiro atoms. The third-order valence-electron chi connectivity index (χ3n) is 2.78. The predicted molar refractivity (Wildman–Crippen MR) is 57.4 cm³/mol. The van der Waals surface area contributed by atoms with Gasteiger partial charge in [0.1, 0.15) is 5.84 Å². The van der Waals surface area contributed by atoms with Gasteiger partial charge in [-0.15, -0.1) is 0 Å². The molecule has 0 aliphatic carbocycles. The topological polar surface area (TPSA) is 15.6 Å². The van der Waals surface area contributed by atoms with Crippen molar-refractivity contribution in [3.8, 4) is 0 Å². The van der Waals surface area contributed by atoms with E-state index < -0.39 is 0 Å². The molecule has 2 aliphatic rings. The molecule has 2 nitrogen and oxygen atoms in total. The van der Waals surface area contributed by atoms with E-state index in [4.69, 9.17) is 0 Å². The highest BCUT2D eigenvalue weighted by molar-refractivity contribution is 6.02. The lowest BCUT2D eigenvalue weighted by atomic mass is 9.98. The van der Waals surface area contributed by atoms with E-state index in [0.29, 0.717) is 0 Å². The molecular formula is C12H12N2. The average Bonchev–Trinajstić information content (AvgIpc) is 2.29. The molecule has 0 saturated carbocycles. The molecule has 70 valence electrons. The van der Waals surface area contributed by atoms with Crippen LogP contribution in [0.1, 0.15) is 11.1 Å². The van der Waals surface area contributed by atoms with Crippen LogP contribution in [0.25, 0.3) is 0 Å². The maximum absolute atomic E-state index is 4.55. The van der Waals surface area contributed by atoms with Gasteiger partial charge >= 0.3 is 0 Å². The lowest BCUT2D eigenvalue weighted by Gasteiger charge is -2.30. The Morgan fingerprint density at radius 1 is 1.21 bits per heavy atom. The summed E-state index contributed by atoms with van der Waals surface area (Å²) in [6, 6.07) is 8.56. The van der Waals surface area contributed by atoms with E-state index >= 15 is 0 Å². The minimum Gasteiger partial charge on any atom is -0.333 e. The lowest BCUT2D eigenvalue weighted by Crippen LogP contribution is -2.35. The van der Waals surface area contributed by atoms with Gasteiger partial charge in [0.15, 0.2) is 0 Å². The molecule has 2 aliphatic heterocycles. The van der Waals surface area contributed by atoms with Crippen molar-refractivity contribution in [2.75, 3.05) is 13.1 Å². The Balaban J connectivity index is 2.13. The Kier molecular flexibility index (Phi) is 1.66. The minimum absolute atomic E-state index is 0.820. The van der Waals surface area contributed by atoms with E-state index in [1.807, 2.05) is 0 Å². The Morgan fingerprint density at radius 2 is 2.14 bits per heavy atom. The van der Waals surface area contributed by atoms with Crippen LogP contribution in [0.15, 0.2) is 41.5 Å². The Morgan fingerprint density at radius 3 is 3.14 bits per heavy atom. The van der Waals surface area contributed by atoms with Crippen molar-refractivity contribution in [1.82, 2.24) is 4.90 Å². The van der Waals surface area contributed by atoms with Gasteiger partial charge in [-0.1, -0.05) is 24.3 Å². The summed E-state index contributed by atoms with van der Waals surface area (Å²) in [6.07, 6.45) is 5.38. The van der Waals surface area contributed by atoms with Crippen LogP contribution in [0.2, 0.25) is 0 Å². The number of hydrogen-bond acceptors (Lipinski definition) is 2. The van der Waals surface area contributed by atoms with E-state index in [2.05, 4.69) is 46.4 Å². The SMILES string of the molecule is C1=CN2CCc3ccccc3C2=NC1. The molecule has 14 heavy (non-hydrogen) atoms. The first-order chi connectivity index (χ1) is 6.95. The number of benzene rings is 1. The molecule has 0 amide bonds. The summed E-state index contributed by atoms with van der Waals surface area (Å²) in [6.45, 7) is 1.88. The fraction of sp³-hybridized carbons (Fsp3) is 0.250. The van der Waals surface area contributed by atoms with Crippen LogP contribution in [-0.4, -0.2) is 23.8 Å². The van der Waals surface area contributed by atoms with Gasteiger partial charge in [0.2, 0.25) is 0 Å². The molecule has 0 bridgehead atoms. The van der Waals surface area contributed by atoms with Crippen LogP contribution >= 0.6 is 0 Å². The van der Waals surface area contributed by atoms with E-state index in [-0.39, 0.29) is 0 Å². The fourth-order valence-corrected chi connectivity index (χ4v) is 2.09. The third kappa shape index (κ3) is 1.07. The summed E-state index contributed by atoms with van der Waals surface area (Å²) in [7, 11) is 0. The molecule has 2 heterocycles. The summed E-state index contributed by atoms with van der Waals surface area (Å²) in [5.74, 6) is 1.15. The van der Waals surface area contributed by atoms with Gasteiger partial charge in [-0.2, -0.15) is 0 Å². The average molecular weight is 184 g/mol. The smallest absolute Gasteiger partial charge is 0.135 e. The Hall–Kier alpha value is -1.57. The van der Waals surface area contributed by atoms with Crippen molar-refractivity contribution in [1.29, 1.82) is 0 Å². The summed E-state index contributed by atoms with van der Waals surface area (Å²) in [5.41, 5.74) is 2.74. The summed E-state index contributed by atoms with van der Waals surface area (Å²) in [4.78, 5) is 6.79. The summed E-state index contributed by atoms with van der Waals surface area (Å²) in [5, 5.41) is 0. The van der Waals surface area contributed by atoms with Crippen molar-refractivity contribution in [2.45, 2.75) is 6.42 Å². The van der Waals surface area contributed by atoms with Crippen LogP contribution in [0.4, 0.5) is 0 Å². The Labute approximate surface area is 83.6 Å². The highest BCUT2D eigenvalue weighted by atomic mass is 15.2. The maximum atomic E-state index is 4.55. The summed E-state index contributed by atoms with van der Waals surface area (Å²) < 4.78 is 0. The van der Waals surface area contributed by atoms with Crippen LogP contribution in [0, 0.1) is 0 Å². The number of aliphatic imine (C=N–C) groups is 1. The molecule has 0 unspecified atom stereocenters. The monoisotopic (exact) mass is 184 g/mol. The number of amidine groups is 1. The molecule has 1 aromatic rings. The lowest BCUT2D eigenvalue weighted by molar-refractivity contribution is 0.533. The second kappa shape index (κ2) is 2.98. The second-order valence-electron chi connectivity index (χ2n) is 3.65. The molecule has 3 rings (SSSR count). The van der Waals surface area contributed by atoms with Gasteiger partial charge in [-0.3, -0.25) is 4.99 Å². The molecule has 0 N–H and O–H groups in total. The van der Waals surface area contributed by atoms with E-state index in [1.165, 1.54) is 11.1 Å². The van der Waals surface area contributed by atoms with Crippen molar-refractivity contribution >= 4 is 5.84 Å². The second-order valence-corrected chi connectivity index (χ2v) is 3.65. The van der Waals surface area contributed by atoms with E-state index in [1.54, 1.807) is 0 Å². The molecule has 1 aromatic carbocycles. The quantitative estimate of drug-likeness (QED) is 0.600. The van der Waals surface area contributed by atoms with E-state index in [0.717, 1.165) is 25.3 Å². The fourth-order valence-electron chi connectivity index (χ4n) is 2.09. The molecule has 2 heteroatoms. The van der Waals surface area contributed by atoms with Crippen LogP contribution in [0.5, 0.6) is 0 Å². The van der Waals surface area contributed by atoms with Crippen LogP contribution in [0.3, 0.4) is 0 Å². The zero-order chi connectivity index (χ0) is 9.38. The molecule has 0 aromatic heterocycles. The van der Waals surface area contributed by atoms with E-state index in [9.17, 15) is 0 Å². The van der Waals surface area contributed by atoms with Gasteiger partial charge in [0, 0.05) is 18.3 Å². The number of rotatable bonds is 0. The highest BCUT2D eigenvalue weighted by Gasteiger charge is 2.21. The third-order valence-corrected chi connectivity index (χ3v) is 2.78. The molecule has 0 saturated heterocycles. The zero-order valence-electron chi connectivity index (χ0n) is 7.98. The maximum Gasteiger partial charge on any atom is 0.135 e. The van der Waals surface area contributed by atoms with Crippen molar-refractivity contribution in [3.05, 3.63) is 47.7 Å². The van der Waals surface area contributed by atoms with Crippen molar-refractivity contribution in [2.24, 2.45) is 4.99 Å². The summed E-state index contributed by atoms with van der Waals surface area (Å²) >= 11 is 0. The van der Waals surface area contributed by atoms with Crippen molar-refractivity contribution < 1.29 is 0 Å². The zero-order valence-corrected chi connectivity index (χ0v) is 7.98. The normalized spacial score (nSPS) is 18.6. The molecular weight excluding hydrogens is 172 g/mol. The standard InChI is InChI=1S/C12H12N2/c1-2-5-11-10(4-1)6-9-14-8-3-7-13-12(11)14/h1-5,8H,6-7,9H2. The largest absolute Gasteiger partial charge is 0.333 e. The van der Waals surface area contributed by atoms with Crippen LogP contribution in [-0.2, 0) is 6.42 Å². The molecule has 0 fully saturated rings. The number of hydrogen-bond donors (Lipinski definition) is 0. The first-order valence-corrected chi connectivity index (χ1v) is 5.01. The first-order valence-electron chi connectivity index (χ1n) is 5.01. The van der Waals surface area contributed by atoms with Crippen LogP contribution < -0.4 is 0 Å².